The van der Waals surface area contributed by atoms with Crippen molar-refractivity contribution in [2.24, 2.45) is 0 Å². The standard InChI is InChI=1S/C14H18N2O4S/c1-10(17)11-2-4-12(5-3-11)15-8-14(18)16-13-6-7-21(19,20)9-13/h2-5,13,15H,6-9H2,1H3,(H,16,18). The van der Waals surface area contributed by atoms with Gasteiger partial charge in [-0.25, -0.2) is 8.42 Å². The van der Waals surface area contributed by atoms with Gasteiger partial charge in [-0.05, 0) is 37.6 Å². The molecule has 1 aromatic rings. The number of hydrogen-bond donors (Lipinski definition) is 2. The van der Waals surface area contributed by atoms with Crippen molar-refractivity contribution in [2.75, 3.05) is 23.4 Å². The molecule has 2 rings (SSSR count). The first-order valence-electron chi connectivity index (χ1n) is 6.70. The third-order valence-corrected chi connectivity index (χ3v) is 5.11. The minimum absolute atomic E-state index is 0.0123. The van der Waals surface area contributed by atoms with Crippen LogP contribution >= 0.6 is 0 Å². The van der Waals surface area contributed by atoms with Crippen LogP contribution in [0.4, 0.5) is 5.69 Å². The van der Waals surface area contributed by atoms with E-state index < -0.39 is 9.84 Å². The van der Waals surface area contributed by atoms with Crippen molar-refractivity contribution in [3.63, 3.8) is 0 Å². The van der Waals surface area contributed by atoms with Crippen LogP contribution in [-0.4, -0.2) is 44.2 Å². The maximum atomic E-state index is 11.7. The van der Waals surface area contributed by atoms with Gasteiger partial charge in [0, 0.05) is 17.3 Å². The molecule has 1 fully saturated rings. The topological polar surface area (TPSA) is 92.3 Å². The van der Waals surface area contributed by atoms with Crippen molar-refractivity contribution in [2.45, 2.75) is 19.4 Å². The van der Waals surface area contributed by atoms with Gasteiger partial charge in [0.15, 0.2) is 15.6 Å². The van der Waals surface area contributed by atoms with E-state index in [0.29, 0.717) is 12.0 Å². The lowest BCUT2D eigenvalue weighted by Gasteiger charge is -2.12. The number of hydrogen-bond acceptors (Lipinski definition) is 5. The molecule has 0 bridgehead atoms. The SMILES string of the molecule is CC(=O)c1ccc(NCC(=O)NC2CCS(=O)(=O)C2)cc1. The normalized spacial score (nSPS) is 20.0. The van der Waals surface area contributed by atoms with Crippen molar-refractivity contribution < 1.29 is 18.0 Å². The molecule has 1 aromatic carbocycles. The highest BCUT2D eigenvalue weighted by Gasteiger charge is 2.28. The Labute approximate surface area is 123 Å². The summed E-state index contributed by atoms with van der Waals surface area (Å²) in [5, 5.41) is 5.63. The Bertz CT molecular complexity index is 637. The van der Waals surface area contributed by atoms with E-state index in [1.807, 2.05) is 0 Å². The van der Waals surface area contributed by atoms with Gasteiger partial charge in [0.1, 0.15) is 0 Å². The summed E-state index contributed by atoms with van der Waals surface area (Å²) in [6.07, 6.45) is 0.474. The van der Waals surface area contributed by atoms with Gasteiger partial charge >= 0.3 is 0 Å². The Balaban J connectivity index is 1.80. The number of carbonyl (C=O) groups excluding carboxylic acids is 2. The summed E-state index contributed by atoms with van der Waals surface area (Å²) in [6.45, 7) is 1.56. The van der Waals surface area contributed by atoms with Crippen LogP contribution in [0.15, 0.2) is 24.3 Å². The molecule has 1 saturated heterocycles. The highest BCUT2D eigenvalue weighted by Crippen LogP contribution is 2.12. The second-order valence-corrected chi connectivity index (χ2v) is 7.38. The predicted molar refractivity (Wildman–Crippen MR) is 80.1 cm³/mol. The lowest BCUT2D eigenvalue weighted by Crippen LogP contribution is -2.39. The Morgan fingerprint density at radius 3 is 2.43 bits per heavy atom. The zero-order valence-corrected chi connectivity index (χ0v) is 12.6. The second-order valence-electron chi connectivity index (χ2n) is 5.15. The third-order valence-electron chi connectivity index (χ3n) is 3.34. The van der Waals surface area contributed by atoms with E-state index in [1.165, 1.54) is 6.92 Å². The smallest absolute Gasteiger partial charge is 0.239 e. The summed E-state index contributed by atoms with van der Waals surface area (Å²) < 4.78 is 22.6. The van der Waals surface area contributed by atoms with Crippen molar-refractivity contribution in [3.05, 3.63) is 29.8 Å². The molecule has 1 heterocycles. The molecule has 2 N–H and O–H groups in total. The van der Waals surface area contributed by atoms with E-state index in [-0.39, 0.29) is 35.8 Å². The number of Topliss-reactive ketones (excluding diaryl/α,β-unsaturated/α-hetero) is 1. The lowest BCUT2D eigenvalue weighted by molar-refractivity contribution is -0.119. The Kier molecular flexibility index (Phi) is 4.62. The summed E-state index contributed by atoms with van der Waals surface area (Å²) in [4.78, 5) is 22.9. The molecule has 1 unspecified atom stereocenters. The number of benzene rings is 1. The second kappa shape index (κ2) is 6.26. The number of carbonyl (C=O) groups is 2. The number of ketones is 1. The number of anilines is 1. The van der Waals surface area contributed by atoms with Crippen LogP contribution in [0.3, 0.4) is 0 Å². The Hall–Kier alpha value is -1.89. The molecule has 0 spiro atoms. The first-order chi connectivity index (χ1) is 9.85. The molecule has 114 valence electrons. The number of rotatable bonds is 5. The van der Waals surface area contributed by atoms with Crippen LogP contribution in [0.25, 0.3) is 0 Å². The molecule has 7 heteroatoms. The predicted octanol–water partition coefficient (Wildman–Crippen LogP) is 0.604. The largest absolute Gasteiger partial charge is 0.376 e. The van der Waals surface area contributed by atoms with Gasteiger partial charge in [-0.15, -0.1) is 0 Å². The van der Waals surface area contributed by atoms with Gasteiger partial charge in [-0.2, -0.15) is 0 Å². The molecule has 0 aliphatic carbocycles. The lowest BCUT2D eigenvalue weighted by atomic mass is 10.1. The zero-order valence-electron chi connectivity index (χ0n) is 11.8. The van der Waals surface area contributed by atoms with Crippen LogP contribution in [0.5, 0.6) is 0 Å². The van der Waals surface area contributed by atoms with Gasteiger partial charge in [0.05, 0.1) is 18.1 Å². The first kappa shape index (κ1) is 15.5. The van der Waals surface area contributed by atoms with Crippen molar-refractivity contribution in [1.82, 2.24) is 5.32 Å². The van der Waals surface area contributed by atoms with E-state index in [0.717, 1.165) is 5.69 Å². The summed E-state index contributed by atoms with van der Waals surface area (Å²) in [5.41, 5.74) is 1.34. The maximum absolute atomic E-state index is 11.7. The van der Waals surface area contributed by atoms with E-state index in [9.17, 15) is 18.0 Å². The van der Waals surface area contributed by atoms with Crippen molar-refractivity contribution in [1.29, 1.82) is 0 Å². The fraction of sp³-hybridized carbons (Fsp3) is 0.429. The monoisotopic (exact) mass is 310 g/mol. The minimum atomic E-state index is -2.99. The van der Waals surface area contributed by atoms with Crippen molar-refractivity contribution in [3.8, 4) is 0 Å². The highest BCUT2D eigenvalue weighted by atomic mass is 32.2. The van der Waals surface area contributed by atoms with Crippen LogP contribution in [0, 0.1) is 0 Å². The average Bonchev–Trinajstić information content (AvgIpc) is 2.76. The molecule has 1 amide bonds. The number of sulfone groups is 1. The molecular formula is C14H18N2O4S. The van der Waals surface area contributed by atoms with Crippen LogP contribution in [0.2, 0.25) is 0 Å². The Morgan fingerprint density at radius 1 is 1.24 bits per heavy atom. The molecule has 0 saturated carbocycles. The molecule has 1 atom stereocenters. The third kappa shape index (κ3) is 4.56. The number of amides is 1. The molecule has 6 nitrogen and oxygen atoms in total. The quantitative estimate of drug-likeness (QED) is 0.777. The van der Waals surface area contributed by atoms with Crippen LogP contribution < -0.4 is 10.6 Å². The van der Waals surface area contributed by atoms with E-state index >= 15 is 0 Å². The van der Waals surface area contributed by atoms with Gasteiger partial charge in [0.2, 0.25) is 5.91 Å². The van der Waals surface area contributed by atoms with Gasteiger partial charge < -0.3 is 10.6 Å². The van der Waals surface area contributed by atoms with E-state index in [4.69, 9.17) is 0 Å². The van der Waals surface area contributed by atoms with Crippen LogP contribution in [0.1, 0.15) is 23.7 Å². The molecule has 1 aliphatic heterocycles. The maximum Gasteiger partial charge on any atom is 0.239 e. The summed E-state index contributed by atoms with van der Waals surface area (Å²) in [6, 6.07) is 6.54. The summed E-state index contributed by atoms with van der Waals surface area (Å²) in [5.74, 6) is -0.0984. The fourth-order valence-corrected chi connectivity index (χ4v) is 3.87. The fourth-order valence-electron chi connectivity index (χ4n) is 2.19. The van der Waals surface area contributed by atoms with Crippen molar-refractivity contribution >= 4 is 27.2 Å². The summed E-state index contributed by atoms with van der Waals surface area (Å²) in [7, 11) is -2.99. The zero-order chi connectivity index (χ0) is 15.5. The minimum Gasteiger partial charge on any atom is -0.376 e. The first-order valence-corrected chi connectivity index (χ1v) is 8.52. The van der Waals surface area contributed by atoms with Gasteiger partial charge in [0.25, 0.3) is 0 Å². The Morgan fingerprint density at radius 2 is 1.90 bits per heavy atom. The molecule has 0 aromatic heterocycles. The molecular weight excluding hydrogens is 292 g/mol. The van der Waals surface area contributed by atoms with Gasteiger partial charge in [-0.1, -0.05) is 0 Å². The van der Waals surface area contributed by atoms with Crippen LogP contribution in [-0.2, 0) is 14.6 Å². The average molecular weight is 310 g/mol. The highest BCUT2D eigenvalue weighted by molar-refractivity contribution is 7.91. The number of nitrogens with one attached hydrogen (secondary N) is 2. The summed E-state index contributed by atoms with van der Waals surface area (Å²) >= 11 is 0. The van der Waals surface area contributed by atoms with Gasteiger partial charge in [-0.3, -0.25) is 9.59 Å². The molecule has 0 radical (unpaired) electrons. The van der Waals surface area contributed by atoms with E-state index in [1.54, 1.807) is 24.3 Å². The van der Waals surface area contributed by atoms with E-state index in [2.05, 4.69) is 10.6 Å². The molecule has 21 heavy (non-hydrogen) atoms. The molecule has 1 aliphatic rings.